The highest BCUT2D eigenvalue weighted by Crippen LogP contribution is 2.32. The summed E-state index contributed by atoms with van der Waals surface area (Å²) in [5.74, 6) is -0.813. The van der Waals surface area contributed by atoms with Crippen LogP contribution in [0.3, 0.4) is 0 Å². The molecule has 2 N–H and O–H groups in total. The molecule has 0 aromatic carbocycles. The fourth-order valence-electron chi connectivity index (χ4n) is 0.942. The third kappa shape index (κ3) is 2.39. The minimum Gasteiger partial charge on any atom is -0.481 e. The van der Waals surface area contributed by atoms with Crippen LogP contribution in [0.15, 0.2) is 17.7 Å². The predicted molar refractivity (Wildman–Crippen MR) is 57.6 cm³/mol. The van der Waals surface area contributed by atoms with Crippen molar-refractivity contribution in [2.75, 3.05) is 5.75 Å². The SMILES string of the molecule is O=C(O)CSSc1ncnc2nc[nH]c12. The molecule has 8 heteroatoms. The van der Waals surface area contributed by atoms with Crippen LogP contribution in [0.5, 0.6) is 0 Å². The maximum Gasteiger partial charge on any atom is 0.314 e. The van der Waals surface area contributed by atoms with Gasteiger partial charge in [0.05, 0.1) is 6.33 Å². The first kappa shape index (κ1) is 10.2. The number of imidazole rings is 1. The molecule has 0 aliphatic heterocycles. The first-order valence-corrected chi connectivity index (χ1v) is 6.24. The second kappa shape index (κ2) is 4.49. The highest BCUT2D eigenvalue weighted by atomic mass is 33.1. The van der Waals surface area contributed by atoms with E-state index in [0.29, 0.717) is 10.7 Å². The highest BCUT2D eigenvalue weighted by molar-refractivity contribution is 8.76. The zero-order valence-corrected chi connectivity index (χ0v) is 9.01. The Morgan fingerprint density at radius 2 is 2.33 bits per heavy atom. The predicted octanol–water partition coefficient (Wildman–Crippen LogP) is 1.18. The number of fused-ring (bicyclic) bond motifs is 1. The number of hydrogen-bond acceptors (Lipinski definition) is 6. The van der Waals surface area contributed by atoms with Gasteiger partial charge in [0.2, 0.25) is 0 Å². The lowest BCUT2D eigenvalue weighted by atomic mass is 10.6. The molecule has 0 saturated carbocycles. The molecule has 0 bridgehead atoms. The van der Waals surface area contributed by atoms with Crippen molar-refractivity contribution >= 4 is 38.7 Å². The van der Waals surface area contributed by atoms with Gasteiger partial charge in [-0.25, -0.2) is 15.0 Å². The van der Waals surface area contributed by atoms with Crippen LogP contribution in [0.4, 0.5) is 0 Å². The summed E-state index contributed by atoms with van der Waals surface area (Å²) in [6.07, 6.45) is 2.94. The number of aromatic amines is 1. The normalized spacial score (nSPS) is 10.7. The Bertz CT molecular complexity index is 487. The maximum absolute atomic E-state index is 10.3. The number of carbonyl (C=O) groups is 1. The lowest BCUT2D eigenvalue weighted by Crippen LogP contribution is -1.96. The largest absolute Gasteiger partial charge is 0.481 e. The average Bonchev–Trinajstić information content (AvgIpc) is 2.65. The monoisotopic (exact) mass is 242 g/mol. The van der Waals surface area contributed by atoms with Crippen LogP contribution in [-0.2, 0) is 4.79 Å². The minimum absolute atomic E-state index is 0.0320. The Balaban J connectivity index is 2.13. The highest BCUT2D eigenvalue weighted by Gasteiger charge is 2.07. The van der Waals surface area contributed by atoms with Gasteiger partial charge >= 0.3 is 5.97 Å². The lowest BCUT2D eigenvalue weighted by molar-refractivity contribution is -0.133. The Kier molecular flexibility index (Phi) is 3.07. The number of rotatable bonds is 4. The number of nitrogens with one attached hydrogen (secondary N) is 1. The van der Waals surface area contributed by atoms with Crippen LogP contribution >= 0.6 is 21.6 Å². The summed E-state index contributed by atoms with van der Waals surface area (Å²) in [7, 11) is 2.51. The molecule has 2 aromatic heterocycles. The van der Waals surface area contributed by atoms with E-state index in [4.69, 9.17) is 5.11 Å². The fourth-order valence-corrected chi connectivity index (χ4v) is 2.73. The van der Waals surface area contributed by atoms with E-state index in [0.717, 1.165) is 5.52 Å². The molecule has 0 fully saturated rings. The molecule has 0 radical (unpaired) electrons. The first-order chi connectivity index (χ1) is 7.27. The topological polar surface area (TPSA) is 91.8 Å². The Hall–Kier alpha value is -1.28. The van der Waals surface area contributed by atoms with Gasteiger partial charge in [0.1, 0.15) is 22.6 Å². The number of carboxylic acids is 1. The summed E-state index contributed by atoms with van der Waals surface area (Å²) in [6, 6.07) is 0. The van der Waals surface area contributed by atoms with Crippen LogP contribution < -0.4 is 0 Å². The summed E-state index contributed by atoms with van der Waals surface area (Å²) in [4.78, 5) is 25.2. The van der Waals surface area contributed by atoms with Crippen molar-refractivity contribution in [1.82, 2.24) is 19.9 Å². The lowest BCUT2D eigenvalue weighted by Gasteiger charge is -1.97. The molecule has 0 aliphatic rings. The van der Waals surface area contributed by atoms with E-state index in [9.17, 15) is 4.79 Å². The first-order valence-electron chi connectivity index (χ1n) is 3.92. The standard InChI is InChI=1S/C7H6N4O2S2/c12-4(13)1-14-15-7-5-6(9-2-8-5)10-3-11-7/h2-3H,1H2,(H,12,13)(H,8,9,10,11). The number of H-pyrrole nitrogens is 1. The molecule has 15 heavy (non-hydrogen) atoms. The molecule has 0 saturated heterocycles. The van der Waals surface area contributed by atoms with Crippen molar-refractivity contribution in [3.8, 4) is 0 Å². The number of nitrogens with zero attached hydrogens (tertiary/aromatic N) is 3. The quantitative estimate of drug-likeness (QED) is 0.614. The summed E-state index contributed by atoms with van der Waals surface area (Å²) in [5.41, 5.74) is 1.32. The second-order valence-corrected chi connectivity index (χ2v) is 4.80. The van der Waals surface area contributed by atoms with E-state index in [1.165, 1.54) is 34.2 Å². The van der Waals surface area contributed by atoms with Crippen LogP contribution in [0.2, 0.25) is 0 Å². The molecule has 2 heterocycles. The van der Waals surface area contributed by atoms with Crippen LogP contribution in [-0.4, -0.2) is 36.8 Å². The Morgan fingerprint density at radius 3 is 3.13 bits per heavy atom. The molecule has 2 aromatic rings. The van der Waals surface area contributed by atoms with E-state index in [2.05, 4.69) is 19.9 Å². The number of carboxylic acid groups (broad SMARTS) is 1. The third-order valence-corrected chi connectivity index (χ3v) is 3.64. The molecule has 78 valence electrons. The van der Waals surface area contributed by atoms with Gasteiger partial charge in [0.25, 0.3) is 0 Å². The molecule has 0 spiro atoms. The number of aliphatic carboxylic acids is 1. The van der Waals surface area contributed by atoms with Gasteiger partial charge in [-0.15, -0.1) is 0 Å². The third-order valence-electron chi connectivity index (χ3n) is 1.51. The van der Waals surface area contributed by atoms with Gasteiger partial charge in [-0.05, 0) is 10.8 Å². The van der Waals surface area contributed by atoms with Crippen LogP contribution in [0, 0.1) is 0 Å². The van der Waals surface area contributed by atoms with Crippen LogP contribution in [0.25, 0.3) is 11.2 Å². The van der Waals surface area contributed by atoms with Crippen molar-refractivity contribution in [3.05, 3.63) is 12.7 Å². The zero-order valence-electron chi connectivity index (χ0n) is 7.38. The molecule has 0 atom stereocenters. The number of hydrogen-bond donors (Lipinski definition) is 2. The van der Waals surface area contributed by atoms with Gasteiger partial charge in [-0.3, -0.25) is 4.79 Å². The summed E-state index contributed by atoms with van der Waals surface area (Å²) in [5, 5.41) is 9.18. The van der Waals surface area contributed by atoms with E-state index < -0.39 is 5.97 Å². The molecule has 0 unspecified atom stereocenters. The van der Waals surface area contributed by atoms with Crippen molar-refractivity contribution in [3.63, 3.8) is 0 Å². The molecular formula is C7H6N4O2S2. The maximum atomic E-state index is 10.3. The van der Waals surface area contributed by atoms with E-state index in [1.54, 1.807) is 0 Å². The summed E-state index contributed by atoms with van der Waals surface area (Å²) < 4.78 is 0. The van der Waals surface area contributed by atoms with E-state index in [1.807, 2.05) is 0 Å². The smallest absolute Gasteiger partial charge is 0.314 e. The van der Waals surface area contributed by atoms with Gasteiger partial charge < -0.3 is 10.1 Å². The number of aromatic nitrogens is 4. The second-order valence-electron chi connectivity index (χ2n) is 2.52. The summed E-state index contributed by atoms with van der Waals surface area (Å²) in [6.45, 7) is 0. The zero-order chi connectivity index (χ0) is 10.7. The summed E-state index contributed by atoms with van der Waals surface area (Å²) >= 11 is 0. The molecule has 2 rings (SSSR count). The van der Waals surface area contributed by atoms with Crippen molar-refractivity contribution in [1.29, 1.82) is 0 Å². The van der Waals surface area contributed by atoms with Crippen molar-refractivity contribution in [2.45, 2.75) is 5.03 Å². The van der Waals surface area contributed by atoms with E-state index >= 15 is 0 Å². The van der Waals surface area contributed by atoms with Gasteiger partial charge in [-0.1, -0.05) is 10.8 Å². The molecule has 0 aliphatic carbocycles. The fraction of sp³-hybridized carbons (Fsp3) is 0.143. The van der Waals surface area contributed by atoms with Crippen molar-refractivity contribution < 1.29 is 9.90 Å². The molecular weight excluding hydrogens is 236 g/mol. The van der Waals surface area contributed by atoms with E-state index in [-0.39, 0.29) is 5.75 Å². The molecule has 6 nitrogen and oxygen atoms in total. The Labute approximate surface area is 92.3 Å². The average molecular weight is 242 g/mol. The molecule has 0 amide bonds. The van der Waals surface area contributed by atoms with Gasteiger partial charge in [0, 0.05) is 0 Å². The van der Waals surface area contributed by atoms with Gasteiger partial charge in [0.15, 0.2) is 5.65 Å². The minimum atomic E-state index is -0.845. The van der Waals surface area contributed by atoms with Crippen LogP contribution in [0.1, 0.15) is 0 Å². The Morgan fingerprint density at radius 1 is 1.47 bits per heavy atom. The van der Waals surface area contributed by atoms with Crippen molar-refractivity contribution in [2.24, 2.45) is 0 Å². The van der Waals surface area contributed by atoms with Gasteiger partial charge in [-0.2, -0.15) is 0 Å².